The summed E-state index contributed by atoms with van der Waals surface area (Å²) in [6.45, 7) is 15.1. The third-order valence-electron chi connectivity index (χ3n) is 11.2. The summed E-state index contributed by atoms with van der Waals surface area (Å²) in [5.74, 6) is -0.824. The first kappa shape index (κ1) is 25.8. The predicted molar refractivity (Wildman–Crippen MR) is 135 cm³/mol. The van der Waals surface area contributed by atoms with Gasteiger partial charge in [-0.15, -0.1) is 0 Å². The van der Waals surface area contributed by atoms with E-state index in [9.17, 15) is 14.4 Å². The normalized spacial score (nSPS) is 45.6. The van der Waals surface area contributed by atoms with E-state index >= 15 is 0 Å². The lowest BCUT2D eigenvalue weighted by Crippen LogP contribution is -2.58. The van der Waals surface area contributed by atoms with Gasteiger partial charge in [0.05, 0.1) is 19.3 Å². The molecule has 0 amide bonds. The molecule has 0 radical (unpaired) electrons. The smallest absolute Gasteiger partial charge is 0.305 e. The molecule has 0 aromatic rings. The van der Waals surface area contributed by atoms with Crippen molar-refractivity contribution in [3.8, 4) is 0 Å². The number of rotatable bonds is 5. The summed E-state index contributed by atoms with van der Waals surface area (Å²) < 4.78 is 18.3. The molecule has 6 nitrogen and oxygen atoms in total. The molecule has 7 atom stereocenters. The molecule has 7 unspecified atom stereocenters. The zero-order chi connectivity index (χ0) is 26.3. The molecule has 2 heterocycles. The summed E-state index contributed by atoms with van der Waals surface area (Å²) in [5, 5.41) is 0. The van der Waals surface area contributed by atoms with Crippen LogP contribution in [0.25, 0.3) is 0 Å². The van der Waals surface area contributed by atoms with Gasteiger partial charge < -0.3 is 14.2 Å². The number of esters is 1. The number of ketones is 2. The maximum atomic E-state index is 14.3. The van der Waals surface area contributed by atoms with E-state index in [2.05, 4.69) is 34.3 Å². The van der Waals surface area contributed by atoms with E-state index < -0.39 is 22.0 Å². The Labute approximate surface area is 215 Å². The molecule has 5 aliphatic rings. The first-order chi connectivity index (χ1) is 16.8. The molecule has 0 N–H and O–H groups in total. The van der Waals surface area contributed by atoms with Crippen molar-refractivity contribution in [3.63, 3.8) is 0 Å². The van der Waals surface area contributed by atoms with Crippen LogP contribution in [0.3, 0.4) is 0 Å². The van der Waals surface area contributed by atoms with Crippen molar-refractivity contribution in [2.45, 2.75) is 104 Å². The molecular formula is C30H42O6. The molecule has 6 heteroatoms. The van der Waals surface area contributed by atoms with Crippen LogP contribution in [0.5, 0.6) is 0 Å². The maximum Gasteiger partial charge on any atom is 0.305 e. The summed E-state index contributed by atoms with van der Waals surface area (Å²) in [6, 6.07) is 0. The lowest BCUT2D eigenvalue weighted by molar-refractivity contribution is -0.242. The molecule has 3 aliphatic carbocycles. The third kappa shape index (κ3) is 3.19. The van der Waals surface area contributed by atoms with Gasteiger partial charge in [-0.2, -0.15) is 0 Å². The number of carbonyl (C=O) groups excluding carboxylic acids is 3. The van der Waals surface area contributed by atoms with E-state index in [1.807, 2.05) is 6.92 Å². The van der Waals surface area contributed by atoms with Crippen LogP contribution in [0.15, 0.2) is 23.3 Å². The summed E-state index contributed by atoms with van der Waals surface area (Å²) >= 11 is 0. The highest BCUT2D eigenvalue weighted by Crippen LogP contribution is 2.73. The number of methoxy groups -OCH3 is 1. The lowest BCUT2D eigenvalue weighted by atomic mass is 9.45. The van der Waals surface area contributed by atoms with Crippen LogP contribution in [0.4, 0.5) is 0 Å². The standard InChI is InChI=1S/C30H42O6/c1-8-30-14-13-28(6,36-30)22-9-12-27(5)25-20(31)15-19(18(2)3)26(4,11-10-23(33)34-7)24(25)21(32)16-29(22,27)17-35-30/h19,22H,2,8-17H2,1,3-7H3. The molecule has 3 fully saturated rings. The molecule has 2 saturated heterocycles. The van der Waals surface area contributed by atoms with Crippen molar-refractivity contribution >= 4 is 17.5 Å². The van der Waals surface area contributed by atoms with Gasteiger partial charge in [0.2, 0.25) is 0 Å². The van der Waals surface area contributed by atoms with Crippen molar-refractivity contribution in [2.24, 2.45) is 28.1 Å². The van der Waals surface area contributed by atoms with E-state index in [4.69, 9.17) is 14.2 Å². The lowest BCUT2D eigenvalue weighted by Gasteiger charge is -2.57. The molecule has 0 aromatic carbocycles. The number of fused-ring (bicyclic) bond motifs is 4. The van der Waals surface area contributed by atoms with Crippen molar-refractivity contribution in [3.05, 3.63) is 23.3 Å². The summed E-state index contributed by atoms with van der Waals surface area (Å²) in [6.07, 6.45) is 5.64. The Morgan fingerprint density at radius 3 is 2.47 bits per heavy atom. The second kappa shape index (κ2) is 8.10. The monoisotopic (exact) mass is 498 g/mol. The molecule has 1 saturated carbocycles. The van der Waals surface area contributed by atoms with Gasteiger partial charge in [0, 0.05) is 53.1 Å². The zero-order valence-corrected chi connectivity index (χ0v) is 22.9. The van der Waals surface area contributed by atoms with Crippen LogP contribution >= 0.6 is 0 Å². The SMILES string of the molecule is C=C(C)C1CC(=O)C2=C(C(=O)CC34COC5(CC)CCC(C)(O5)C3CCC24C)C1(C)CCC(=O)OC. The number of hydrogen-bond donors (Lipinski definition) is 0. The summed E-state index contributed by atoms with van der Waals surface area (Å²) in [4.78, 5) is 40.5. The van der Waals surface area contributed by atoms with Gasteiger partial charge in [-0.05, 0) is 57.8 Å². The highest BCUT2D eigenvalue weighted by Gasteiger charge is 2.72. The molecular weight excluding hydrogens is 456 g/mol. The van der Waals surface area contributed by atoms with Gasteiger partial charge in [-0.3, -0.25) is 14.4 Å². The van der Waals surface area contributed by atoms with Crippen LogP contribution in [0, 0.1) is 28.1 Å². The zero-order valence-electron chi connectivity index (χ0n) is 22.9. The van der Waals surface area contributed by atoms with Gasteiger partial charge in [-0.1, -0.05) is 32.9 Å². The van der Waals surface area contributed by atoms with Gasteiger partial charge in [-0.25, -0.2) is 0 Å². The third-order valence-corrected chi connectivity index (χ3v) is 11.2. The van der Waals surface area contributed by atoms with Crippen LogP contribution in [-0.2, 0) is 28.6 Å². The van der Waals surface area contributed by atoms with Gasteiger partial charge in [0.25, 0.3) is 0 Å². The van der Waals surface area contributed by atoms with E-state index in [0.717, 1.165) is 37.7 Å². The second-order valence-electron chi connectivity index (χ2n) is 12.9. The van der Waals surface area contributed by atoms with E-state index in [1.54, 1.807) is 0 Å². The summed E-state index contributed by atoms with van der Waals surface area (Å²) in [7, 11) is 1.39. The fourth-order valence-electron chi connectivity index (χ4n) is 9.17. The minimum atomic E-state index is -0.640. The van der Waals surface area contributed by atoms with Crippen LogP contribution < -0.4 is 0 Å². The van der Waals surface area contributed by atoms with E-state index in [0.29, 0.717) is 37.0 Å². The molecule has 2 aliphatic heterocycles. The molecule has 36 heavy (non-hydrogen) atoms. The number of ether oxygens (including phenoxy) is 3. The Bertz CT molecular complexity index is 1070. The van der Waals surface area contributed by atoms with E-state index in [-0.39, 0.29) is 41.4 Å². The van der Waals surface area contributed by atoms with Crippen molar-refractivity contribution in [2.75, 3.05) is 13.7 Å². The Morgan fingerprint density at radius 2 is 1.83 bits per heavy atom. The Morgan fingerprint density at radius 1 is 1.11 bits per heavy atom. The number of hydrogen-bond acceptors (Lipinski definition) is 6. The summed E-state index contributed by atoms with van der Waals surface area (Å²) in [5.41, 5.74) is 0.288. The fraction of sp³-hybridized carbons (Fsp3) is 0.767. The quantitative estimate of drug-likeness (QED) is 0.368. The number of Topliss-reactive ketones (excluding diaryl/α,β-unsaturated/α-hetero) is 2. The molecule has 1 spiro atoms. The highest BCUT2D eigenvalue weighted by molar-refractivity contribution is 6.11. The number of carbonyl (C=O) groups is 3. The first-order valence-electron chi connectivity index (χ1n) is 13.7. The fourth-order valence-corrected chi connectivity index (χ4v) is 9.17. The number of allylic oxidation sites excluding steroid dienone is 3. The average Bonchev–Trinajstić information content (AvgIpc) is 3.30. The van der Waals surface area contributed by atoms with Crippen LogP contribution in [-0.4, -0.2) is 42.6 Å². The Kier molecular flexibility index (Phi) is 5.82. The van der Waals surface area contributed by atoms with Crippen molar-refractivity contribution in [1.29, 1.82) is 0 Å². The predicted octanol–water partition coefficient (Wildman–Crippen LogP) is 5.49. The van der Waals surface area contributed by atoms with Gasteiger partial charge in [0.15, 0.2) is 17.4 Å². The Balaban J connectivity index is 1.67. The minimum absolute atomic E-state index is 0.0385. The minimum Gasteiger partial charge on any atom is -0.469 e. The van der Waals surface area contributed by atoms with Crippen LogP contribution in [0.1, 0.15) is 92.4 Å². The largest absolute Gasteiger partial charge is 0.469 e. The van der Waals surface area contributed by atoms with Crippen LogP contribution in [0.2, 0.25) is 0 Å². The highest BCUT2D eigenvalue weighted by atomic mass is 16.7. The van der Waals surface area contributed by atoms with E-state index in [1.165, 1.54) is 7.11 Å². The molecule has 0 aromatic heterocycles. The molecule has 5 rings (SSSR count). The van der Waals surface area contributed by atoms with Gasteiger partial charge in [0.1, 0.15) is 0 Å². The Hall–Kier alpha value is -1.79. The first-order valence-corrected chi connectivity index (χ1v) is 13.7. The molecule has 2 bridgehead atoms. The van der Waals surface area contributed by atoms with Crippen molar-refractivity contribution in [1.82, 2.24) is 0 Å². The van der Waals surface area contributed by atoms with Crippen molar-refractivity contribution < 1.29 is 28.6 Å². The van der Waals surface area contributed by atoms with Gasteiger partial charge >= 0.3 is 5.97 Å². The second-order valence-corrected chi connectivity index (χ2v) is 12.9. The maximum absolute atomic E-state index is 14.3. The topological polar surface area (TPSA) is 78.9 Å². The average molecular weight is 499 g/mol. The molecule has 198 valence electrons.